The fraction of sp³-hybridized carbons (Fsp3) is 0.769. The molecule has 1 saturated heterocycles. The highest BCUT2D eigenvalue weighted by atomic mass is 35.5. The van der Waals surface area contributed by atoms with Crippen molar-refractivity contribution in [2.45, 2.75) is 18.7 Å². The van der Waals surface area contributed by atoms with Crippen LogP contribution >= 0.6 is 23.4 Å². The Balaban J connectivity index is 2.17. The summed E-state index contributed by atoms with van der Waals surface area (Å²) >= 11 is 8.28. The van der Waals surface area contributed by atoms with Crippen LogP contribution in [0.3, 0.4) is 0 Å². The molecule has 0 aromatic carbocycles. The third kappa shape index (κ3) is 3.89. The van der Waals surface area contributed by atoms with Gasteiger partial charge in [-0.1, -0.05) is 11.6 Å². The van der Waals surface area contributed by atoms with Gasteiger partial charge in [-0.2, -0.15) is 16.9 Å². The first-order valence-corrected chi connectivity index (χ1v) is 8.39. The van der Waals surface area contributed by atoms with Gasteiger partial charge in [0.2, 0.25) is 0 Å². The highest BCUT2D eigenvalue weighted by Gasteiger charge is 2.29. The number of nitrogens with one attached hydrogen (secondary N) is 1. The second kappa shape index (κ2) is 7.66. The molecule has 0 bridgehead atoms. The van der Waals surface area contributed by atoms with Crippen LogP contribution in [0, 0.1) is 0 Å². The molecule has 1 aliphatic rings. The predicted molar refractivity (Wildman–Crippen MR) is 84.7 cm³/mol. The van der Waals surface area contributed by atoms with Crippen LogP contribution in [0.5, 0.6) is 0 Å². The number of nitrogens with zero attached hydrogens (tertiary/aromatic N) is 3. The topological polar surface area (TPSA) is 42.3 Å². The van der Waals surface area contributed by atoms with E-state index in [0.717, 1.165) is 36.9 Å². The van der Waals surface area contributed by atoms with Crippen molar-refractivity contribution in [1.82, 2.24) is 20.0 Å². The Bertz CT molecular complexity index is 421. The highest BCUT2D eigenvalue weighted by molar-refractivity contribution is 7.99. The van der Waals surface area contributed by atoms with Crippen LogP contribution in [0.4, 0.5) is 0 Å². The van der Waals surface area contributed by atoms with E-state index in [4.69, 9.17) is 16.3 Å². The minimum absolute atomic E-state index is 0.0833. The van der Waals surface area contributed by atoms with Gasteiger partial charge in [0.05, 0.1) is 42.2 Å². The van der Waals surface area contributed by atoms with Crippen molar-refractivity contribution in [1.29, 1.82) is 0 Å². The lowest BCUT2D eigenvalue weighted by Gasteiger charge is -2.30. The maximum atomic E-state index is 6.35. The number of ether oxygens (including phenoxy) is 1. The number of rotatable bonds is 6. The van der Waals surface area contributed by atoms with E-state index >= 15 is 0 Å². The van der Waals surface area contributed by atoms with Crippen LogP contribution in [-0.2, 0) is 11.3 Å². The van der Waals surface area contributed by atoms with Crippen molar-refractivity contribution >= 4 is 23.4 Å². The largest absolute Gasteiger partial charge is 0.374 e. The first-order valence-electron chi connectivity index (χ1n) is 6.86. The summed E-state index contributed by atoms with van der Waals surface area (Å²) in [7, 11) is 6.06. The zero-order valence-electron chi connectivity index (χ0n) is 12.3. The summed E-state index contributed by atoms with van der Waals surface area (Å²) in [6, 6.07) is 0.0833. The van der Waals surface area contributed by atoms with Gasteiger partial charge in [0.15, 0.2) is 0 Å². The molecule has 1 aromatic heterocycles. The van der Waals surface area contributed by atoms with Gasteiger partial charge in [0, 0.05) is 18.1 Å². The lowest BCUT2D eigenvalue weighted by molar-refractivity contribution is 0.0464. The van der Waals surface area contributed by atoms with Gasteiger partial charge in [-0.3, -0.25) is 4.68 Å². The zero-order chi connectivity index (χ0) is 14.5. The van der Waals surface area contributed by atoms with E-state index in [9.17, 15) is 0 Å². The van der Waals surface area contributed by atoms with Crippen LogP contribution < -0.4 is 5.32 Å². The Labute approximate surface area is 130 Å². The third-order valence-corrected chi connectivity index (χ3v) is 4.72. The van der Waals surface area contributed by atoms with E-state index in [1.165, 1.54) is 0 Å². The highest BCUT2D eigenvalue weighted by Crippen LogP contribution is 2.29. The predicted octanol–water partition coefficient (Wildman–Crippen LogP) is 1.49. The van der Waals surface area contributed by atoms with Crippen molar-refractivity contribution < 1.29 is 4.74 Å². The van der Waals surface area contributed by atoms with Crippen LogP contribution in [0.15, 0.2) is 6.20 Å². The van der Waals surface area contributed by atoms with Crippen molar-refractivity contribution in [3.8, 4) is 0 Å². The second-order valence-corrected chi connectivity index (χ2v) is 6.71. The maximum Gasteiger partial charge on any atom is 0.0876 e. The fourth-order valence-electron chi connectivity index (χ4n) is 2.35. The SMILES string of the molecule is CNC(c1c(Cl)cnn1CCN(C)C)C1CSCCO1. The Morgan fingerprint density at radius 1 is 1.65 bits per heavy atom. The van der Waals surface area contributed by atoms with E-state index in [1.54, 1.807) is 6.20 Å². The zero-order valence-corrected chi connectivity index (χ0v) is 13.9. The molecule has 7 heteroatoms. The van der Waals surface area contributed by atoms with Gasteiger partial charge in [0.25, 0.3) is 0 Å². The molecule has 0 saturated carbocycles. The number of likely N-dealkylation sites (N-methyl/N-ethyl adjacent to an activating group) is 2. The molecule has 1 aliphatic heterocycles. The molecule has 20 heavy (non-hydrogen) atoms. The van der Waals surface area contributed by atoms with Crippen LogP contribution in [0.1, 0.15) is 11.7 Å². The van der Waals surface area contributed by atoms with Gasteiger partial charge in [-0.05, 0) is 21.1 Å². The molecule has 0 spiro atoms. The normalized spacial score (nSPS) is 21.4. The maximum absolute atomic E-state index is 6.35. The Morgan fingerprint density at radius 3 is 3.05 bits per heavy atom. The number of thioether (sulfide) groups is 1. The summed E-state index contributed by atoms with van der Waals surface area (Å²) in [4.78, 5) is 2.14. The van der Waals surface area contributed by atoms with E-state index in [2.05, 4.69) is 29.4 Å². The number of aromatic nitrogens is 2. The lowest BCUT2D eigenvalue weighted by atomic mass is 10.1. The Morgan fingerprint density at radius 2 is 2.45 bits per heavy atom. The molecule has 2 unspecified atom stereocenters. The van der Waals surface area contributed by atoms with E-state index < -0.39 is 0 Å². The average Bonchev–Trinajstić information content (AvgIpc) is 2.80. The molecule has 1 fully saturated rings. The van der Waals surface area contributed by atoms with Gasteiger partial charge < -0.3 is 15.0 Å². The average molecular weight is 319 g/mol. The smallest absolute Gasteiger partial charge is 0.0876 e. The molecule has 2 atom stereocenters. The molecule has 1 aromatic rings. The van der Waals surface area contributed by atoms with E-state index in [-0.39, 0.29) is 12.1 Å². The molecule has 0 radical (unpaired) electrons. The summed E-state index contributed by atoms with van der Waals surface area (Å²) in [6.45, 7) is 2.56. The third-order valence-electron chi connectivity index (χ3n) is 3.41. The lowest BCUT2D eigenvalue weighted by Crippen LogP contribution is -2.38. The molecular weight excluding hydrogens is 296 g/mol. The fourth-order valence-corrected chi connectivity index (χ4v) is 3.51. The quantitative estimate of drug-likeness (QED) is 0.861. The standard InChI is InChI=1S/C13H23ClN4OS/c1-15-12(11-9-20-7-6-19-11)13-10(14)8-16-18(13)5-4-17(2)3/h8,11-12,15H,4-7,9H2,1-3H3. The van der Waals surface area contributed by atoms with Gasteiger partial charge in [-0.15, -0.1) is 0 Å². The first kappa shape index (κ1) is 16.1. The van der Waals surface area contributed by atoms with Crippen molar-refractivity contribution in [3.63, 3.8) is 0 Å². The van der Waals surface area contributed by atoms with Crippen LogP contribution in [0.2, 0.25) is 5.02 Å². The minimum Gasteiger partial charge on any atom is -0.374 e. The first-order chi connectivity index (χ1) is 9.63. The summed E-state index contributed by atoms with van der Waals surface area (Å²) in [5.74, 6) is 2.06. The number of hydrogen-bond donors (Lipinski definition) is 1. The summed E-state index contributed by atoms with van der Waals surface area (Å²) in [5.41, 5.74) is 1.03. The summed E-state index contributed by atoms with van der Waals surface area (Å²) in [5, 5.41) is 8.46. The molecule has 5 nitrogen and oxygen atoms in total. The molecule has 0 amide bonds. The molecule has 2 heterocycles. The van der Waals surface area contributed by atoms with Crippen LogP contribution in [0.25, 0.3) is 0 Å². The summed E-state index contributed by atoms with van der Waals surface area (Å²) in [6.07, 6.45) is 1.87. The molecule has 2 rings (SSSR count). The van der Waals surface area contributed by atoms with Gasteiger partial charge >= 0.3 is 0 Å². The van der Waals surface area contributed by atoms with Crippen molar-refractivity contribution in [2.75, 3.05) is 45.8 Å². The molecular formula is C13H23ClN4OS. The van der Waals surface area contributed by atoms with Crippen LogP contribution in [-0.4, -0.2) is 66.6 Å². The monoisotopic (exact) mass is 318 g/mol. The molecule has 1 N–H and O–H groups in total. The number of halogens is 1. The van der Waals surface area contributed by atoms with Gasteiger partial charge in [0.1, 0.15) is 0 Å². The number of hydrogen-bond acceptors (Lipinski definition) is 5. The minimum atomic E-state index is 0.0833. The Kier molecular flexibility index (Phi) is 6.17. The van der Waals surface area contributed by atoms with E-state index in [0.29, 0.717) is 5.02 Å². The van der Waals surface area contributed by atoms with Crippen molar-refractivity contribution in [3.05, 3.63) is 16.9 Å². The molecule has 114 valence electrons. The Hall–Kier alpha value is -0.270. The van der Waals surface area contributed by atoms with Crippen molar-refractivity contribution in [2.24, 2.45) is 0 Å². The molecule has 0 aliphatic carbocycles. The van der Waals surface area contributed by atoms with E-state index in [1.807, 2.05) is 23.5 Å². The summed E-state index contributed by atoms with van der Waals surface area (Å²) < 4.78 is 7.89. The second-order valence-electron chi connectivity index (χ2n) is 5.15. The van der Waals surface area contributed by atoms with Gasteiger partial charge in [-0.25, -0.2) is 0 Å².